The van der Waals surface area contributed by atoms with Crippen molar-refractivity contribution in [3.05, 3.63) is 139 Å². The Hall–Kier alpha value is -2.37. The predicted molar refractivity (Wildman–Crippen MR) is 155 cm³/mol. The number of carbonyl (C=O) groups excluding carboxylic acids is 1. The normalized spacial score (nSPS) is 26.8. The number of Topliss-reactive ketones (excluding diaryl/α,β-unsaturated/α-hetero) is 1. The first-order valence-corrected chi connectivity index (χ1v) is 14.0. The van der Waals surface area contributed by atoms with E-state index in [4.69, 9.17) is 46.4 Å². The summed E-state index contributed by atoms with van der Waals surface area (Å²) in [5.74, 6) is -0.494. The van der Waals surface area contributed by atoms with Crippen molar-refractivity contribution in [2.24, 2.45) is 11.8 Å². The Bertz CT molecular complexity index is 1230. The minimum Gasteiger partial charge on any atom is -0.302 e. The summed E-state index contributed by atoms with van der Waals surface area (Å²) < 4.78 is 0. The van der Waals surface area contributed by atoms with Gasteiger partial charge in [-0.15, -0.1) is 0 Å². The molecule has 2 aliphatic heterocycles. The van der Waals surface area contributed by atoms with Crippen molar-refractivity contribution in [2.75, 3.05) is 0 Å². The average molecular weight is 582 g/mol. The molecule has 4 unspecified atom stereocenters. The largest absolute Gasteiger partial charge is 0.302 e. The summed E-state index contributed by atoms with van der Waals surface area (Å²) in [5.41, 5.74) is 4.04. The fourth-order valence-corrected chi connectivity index (χ4v) is 6.46. The minimum absolute atomic E-state index is 0.210. The molecule has 6 rings (SSSR count). The van der Waals surface area contributed by atoms with Crippen LogP contribution in [0.25, 0.3) is 0 Å². The van der Waals surface area contributed by atoms with Crippen LogP contribution in [0.1, 0.15) is 46.4 Å². The number of hydrogen-bond acceptors (Lipinski definition) is 3. The molecule has 0 aromatic heterocycles. The molecular weight excluding hydrogens is 558 g/mol. The lowest BCUT2D eigenvalue weighted by atomic mass is 9.64. The predicted octanol–water partition coefficient (Wildman–Crippen LogP) is 8.57. The third-order valence-corrected chi connectivity index (χ3v) is 8.74. The topological polar surface area (TPSA) is 41.1 Å². The Balaban J connectivity index is 1.51. The van der Waals surface area contributed by atoms with E-state index in [-0.39, 0.29) is 41.8 Å². The van der Waals surface area contributed by atoms with Crippen LogP contribution >= 0.6 is 46.4 Å². The molecule has 4 aromatic rings. The molecule has 0 saturated carbocycles. The maximum Gasteiger partial charge on any atom is 0.146 e. The zero-order valence-corrected chi connectivity index (χ0v) is 23.1. The van der Waals surface area contributed by atoms with Crippen molar-refractivity contribution >= 4 is 52.2 Å². The molecule has 0 spiro atoms. The first-order valence-electron chi connectivity index (χ1n) is 12.5. The number of ketones is 1. The second kappa shape index (κ2) is 10.7. The molecule has 2 aliphatic rings. The van der Waals surface area contributed by atoms with E-state index < -0.39 is 0 Å². The van der Waals surface area contributed by atoms with Crippen LogP contribution in [0, 0.1) is 11.8 Å². The van der Waals surface area contributed by atoms with Crippen LogP contribution < -0.4 is 10.6 Å². The fraction of sp³-hybridized carbons (Fsp3) is 0.194. The summed E-state index contributed by atoms with van der Waals surface area (Å²) >= 11 is 24.9. The van der Waals surface area contributed by atoms with Gasteiger partial charge in [-0.2, -0.15) is 0 Å². The minimum atomic E-state index is -0.352. The fourth-order valence-electron chi connectivity index (χ4n) is 5.96. The molecule has 4 atom stereocenters. The average Bonchev–Trinajstić information content (AvgIpc) is 2.91. The van der Waals surface area contributed by atoms with Gasteiger partial charge in [-0.3, -0.25) is 4.79 Å². The van der Waals surface area contributed by atoms with Crippen molar-refractivity contribution < 1.29 is 4.79 Å². The summed E-state index contributed by atoms with van der Waals surface area (Å²) in [5, 5.41) is 10.4. The van der Waals surface area contributed by atoms with E-state index in [0.717, 1.165) is 22.3 Å². The van der Waals surface area contributed by atoms with E-state index in [2.05, 4.69) is 10.6 Å². The Kier molecular flexibility index (Phi) is 7.26. The quantitative estimate of drug-likeness (QED) is 0.253. The molecule has 2 saturated heterocycles. The lowest BCUT2D eigenvalue weighted by molar-refractivity contribution is -0.139. The Morgan fingerprint density at radius 2 is 0.605 bits per heavy atom. The number of benzene rings is 4. The Morgan fingerprint density at radius 3 is 0.816 bits per heavy atom. The Morgan fingerprint density at radius 1 is 0.395 bits per heavy atom. The van der Waals surface area contributed by atoms with Crippen molar-refractivity contribution in [2.45, 2.75) is 24.2 Å². The zero-order chi connectivity index (χ0) is 26.4. The SMILES string of the molecule is O=C1C2C(c3ccc(Cl)cc3)NC(c3ccc(Cl)cc3)C1C(c1ccc(Cl)cc1)NC2c1ccc(Cl)cc1. The maximum atomic E-state index is 14.6. The monoisotopic (exact) mass is 580 g/mol. The number of fused-ring (bicyclic) bond motifs is 2. The summed E-state index contributed by atoms with van der Waals surface area (Å²) in [7, 11) is 0. The number of carbonyl (C=O) groups is 1. The first kappa shape index (κ1) is 25.9. The van der Waals surface area contributed by atoms with Gasteiger partial charge in [0.25, 0.3) is 0 Å². The van der Waals surface area contributed by atoms with Crippen LogP contribution in [-0.2, 0) is 4.79 Å². The van der Waals surface area contributed by atoms with Gasteiger partial charge in [-0.25, -0.2) is 0 Å². The molecule has 2 N–H and O–H groups in total. The summed E-state index contributed by atoms with van der Waals surface area (Å²) in [6, 6.07) is 30.0. The maximum absolute atomic E-state index is 14.6. The molecule has 2 bridgehead atoms. The number of piperidine rings is 2. The standard InChI is InChI=1S/C31H24Cl4N2O/c32-21-9-1-17(2-10-21)27-25-28(18-3-11-22(33)12-4-18)37-30(20-7-15-24(35)16-8-20)26(31(25)38)29(36-27)19-5-13-23(34)14-6-19/h1-16,25-30,36-37H. The van der Waals surface area contributed by atoms with Gasteiger partial charge in [0.2, 0.25) is 0 Å². The van der Waals surface area contributed by atoms with Gasteiger partial charge >= 0.3 is 0 Å². The van der Waals surface area contributed by atoms with Gasteiger partial charge in [-0.05, 0) is 70.8 Å². The number of rotatable bonds is 4. The molecule has 0 amide bonds. The zero-order valence-electron chi connectivity index (χ0n) is 20.1. The van der Waals surface area contributed by atoms with E-state index in [1.807, 2.05) is 97.1 Å². The lowest BCUT2D eigenvalue weighted by Gasteiger charge is -2.52. The van der Waals surface area contributed by atoms with E-state index in [9.17, 15) is 4.79 Å². The summed E-state index contributed by atoms with van der Waals surface area (Å²) in [6.45, 7) is 0. The number of hydrogen-bond donors (Lipinski definition) is 2. The van der Waals surface area contributed by atoms with Crippen LogP contribution in [-0.4, -0.2) is 5.78 Å². The van der Waals surface area contributed by atoms with Crippen LogP contribution in [0.15, 0.2) is 97.1 Å². The molecule has 38 heavy (non-hydrogen) atoms. The van der Waals surface area contributed by atoms with Gasteiger partial charge in [-0.1, -0.05) is 94.9 Å². The third kappa shape index (κ3) is 4.88. The lowest BCUT2D eigenvalue weighted by Crippen LogP contribution is -2.60. The van der Waals surface area contributed by atoms with Gasteiger partial charge in [0.05, 0.1) is 11.8 Å². The highest BCUT2D eigenvalue weighted by Crippen LogP contribution is 2.52. The van der Waals surface area contributed by atoms with Crippen molar-refractivity contribution in [1.29, 1.82) is 0 Å². The molecule has 0 aliphatic carbocycles. The smallest absolute Gasteiger partial charge is 0.146 e. The van der Waals surface area contributed by atoms with Crippen LogP contribution in [0.5, 0.6) is 0 Å². The highest BCUT2D eigenvalue weighted by Gasteiger charge is 2.55. The van der Waals surface area contributed by atoms with Gasteiger partial charge in [0, 0.05) is 44.3 Å². The molecule has 3 nitrogen and oxygen atoms in total. The molecule has 192 valence electrons. The molecule has 2 fully saturated rings. The Labute approximate surface area is 242 Å². The van der Waals surface area contributed by atoms with Gasteiger partial charge in [0.15, 0.2) is 0 Å². The second-order valence-electron chi connectivity index (χ2n) is 9.90. The molecule has 2 heterocycles. The number of halogens is 4. The summed E-state index contributed by atoms with van der Waals surface area (Å²) in [6.07, 6.45) is 0. The first-order chi connectivity index (χ1) is 18.4. The van der Waals surface area contributed by atoms with E-state index in [1.165, 1.54) is 0 Å². The molecular formula is C31H24Cl4N2O. The summed E-state index contributed by atoms with van der Waals surface area (Å²) in [4.78, 5) is 14.6. The van der Waals surface area contributed by atoms with Crippen molar-refractivity contribution in [3.63, 3.8) is 0 Å². The van der Waals surface area contributed by atoms with Crippen LogP contribution in [0.4, 0.5) is 0 Å². The second-order valence-corrected chi connectivity index (χ2v) is 11.6. The third-order valence-electron chi connectivity index (χ3n) is 7.73. The van der Waals surface area contributed by atoms with Crippen molar-refractivity contribution in [3.8, 4) is 0 Å². The van der Waals surface area contributed by atoms with Gasteiger partial charge in [0.1, 0.15) is 5.78 Å². The molecule has 0 radical (unpaired) electrons. The number of nitrogens with one attached hydrogen (secondary N) is 2. The highest BCUT2D eigenvalue weighted by molar-refractivity contribution is 6.31. The van der Waals surface area contributed by atoms with Crippen LogP contribution in [0.3, 0.4) is 0 Å². The van der Waals surface area contributed by atoms with E-state index >= 15 is 0 Å². The van der Waals surface area contributed by atoms with E-state index in [1.54, 1.807) is 0 Å². The highest BCUT2D eigenvalue weighted by atomic mass is 35.5. The molecule has 7 heteroatoms. The molecule has 4 aromatic carbocycles. The van der Waals surface area contributed by atoms with Gasteiger partial charge < -0.3 is 10.6 Å². The van der Waals surface area contributed by atoms with Crippen LogP contribution in [0.2, 0.25) is 20.1 Å². The van der Waals surface area contributed by atoms with Crippen molar-refractivity contribution in [1.82, 2.24) is 10.6 Å². The van der Waals surface area contributed by atoms with E-state index in [0.29, 0.717) is 20.1 Å².